The fraction of sp³-hybridized carbons (Fsp3) is 0.235. The zero-order valence-electron chi connectivity index (χ0n) is 13.1. The van der Waals surface area contributed by atoms with Crippen molar-refractivity contribution < 1.29 is 9.53 Å². The molecule has 0 aliphatic rings. The number of hydrogen-bond acceptors (Lipinski definition) is 5. The van der Waals surface area contributed by atoms with Crippen LogP contribution in [0.25, 0.3) is 0 Å². The van der Waals surface area contributed by atoms with E-state index < -0.39 is 0 Å². The molecule has 1 heterocycles. The van der Waals surface area contributed by atoms with Crippen LogP contribution < -0.4 is 15.0 Å². The number of aromatic nitrogens is 1. The average Bonchev–Trinajstić information content (AvgIpc) is 2.58. The van der Waals surface area contributed by atoms with E-state index in [9.17, 15) is 4.79 Å². The maximum atomic E-state index is 11.8. The summed E-state index contributed by atoms with van der Waals surface area (Å²) in [6.45, 7) is 0.291. The lowest BCUT2D eigenvalue weighted by Crippen LogP contribution is -2.28. The quantitative estimate of drug-likeness (QED) is 0.879. The maximum absolute atomic E-state index is 11.8. The molecule has 2 rings (SSSR count). The molecule has 0 aliphatic carbocycles. The predicted octanol–water partition coefficient (Wildman–Crippen LogP) is 1.71. The van der Waals surface area contributed by atoms with Crippen LogP contribution in [0.5, 0.6) is 5.75 Å². The number of hydrogen-bond donors (Lipinski definition) is 1. The van der Waals surface area contributed by atoms with E-state index in [0.717, 1.165) is 11.4 Å². The Hall–Kier alpha value is -3.07. The summed E-state index contributed by atoms with van der Waals surface area (Å²) in [6, 6.07) is 12.5. The second-order valence-corrected chi connectivity index (χ2v) is 5.12. The van der Waals surface area contributed by atoms with E-state index in [-0.39, 0.29) is 12.5 Å². The Labute approximate surface area is 135 Å². The van der Waals surface area contributed by atoms with Gasteiger partial charge in [0, 0.05) is 26.8 Å². The van der Waals surface area contributed by atoms with Gasteiger partial charge >= 0.3 is 0 Å². The minimum Gasteiger partial charge on any atom is -0.484 e. The SMILES string of the molecule is CN(C)c1ccc(CNC(=O)COc2cccc(C#N)c2)cn1. The molecule has 6 nitrogen and oxygen atoms in total. The third kappa shape index (κ3) is 5.00. The molecule has 1 aromatic carbocycles. The number of rotatable bonds is 6. The molecule has 6 heteroatoms. The Morgan fingerprint density at radius 1 is 1.35 bits per heavy atom. The van der Waals surface area contributed by atoms with Gasteiger partial charge in [-0.15, -0.1) is 0 Å². The molecule has 2 aromatic rings. The molecule has 0 fully saturated rings. The van der Waals surface area contributed by atoms with Gasteiger partial charge in [-0.25, -0.2) is 4.98 Å². The van der Waals surface area contributed by atoms with Gasteiger partial charge in [-0.3, -0.25) is 4.79 Å². The first-order valence-corrected chi connectivity index (χ1v) is 7.10. The van der Waals surface area contributed by atoms with Crippen molar-refractivity contribution in [2.75, 3.05) is 25.6 Å². The molecule has 0 aliphatic heterocycles. The van der Waals surface area contributed by atoms with E-state index in [1.165, 1.54) is 0 Å². The lowest BCUT2D eigenvalue weighted by atomic mass is 10.2. The second kappa shape index (κ2) is 7.80. The summed E-state index contributed by atoms with van der Waals surface area (Å²) >= 11 is 0. The molecule has 23 heavy (non-hydrogen) atoms. The summed E-state index contributed by atoms with van der Waals surface area (Å²) in [5.74, 6) is 1.13. The molecule has 0 atom stereocenters. The third-order valence-corrected chi connectivity index (χ3v) is 3.09. The van der Waals surface area contributed by atoms with Crippen molar-refractivity contribution in [3.8, 4) is 11.8 Å². The number of nitrogens with zero attached hydrogens (tertiary/aromatic N) is 3. The van der Waals surface area contributed by atoms with Crippen LogP contribution in [0, 0.1) is 11.3 Å². The minimum absolute atomic E-state index is 0.0991. The highest BCUT2D eigenvalue weighted by Gasteiger charge is 2.04. The van der Waals surface area contributed by atoms with Gasteiger partial charge in [0.05, 0.1) is 11.6 Å². The van der Waals surface area contributed by atoms with E-state index in [1.54, 1.807) is 30.5 Å². The maximum Gasteiger partial charge on any atom is 0.258 e. The van der Waals surface area contributed by atoms with Gasteiger partial charge in [-0.1, -0.05) is 12.1 Å². The predicted molar refractivity (Wildman–Crippen MR) is 87.1 cm³/mol. The van der Waals surface area contributed by atoms with Crippen molar-refractivity contribution in [1.82, 2.24) is 10.3 Å². The van der Waals surface area contributed by atoms with E-state index in [0.29, 0.717) is 17.9 Å². The van der Waals surface area contributed by atoms with Crippen LogP contribution in [0.4, 0.5) is 5.82 Å². The topological polar surface area (TPSA) is 78.3 Å². The number of carbonyl (C=O) groups is 1. The van der Waals surface area contributed by atoms with Gasteiger partial charge < -0.3 is 15.0 Å². The largest absolute Gasteiger partial charge is 0.484 e. The van der Waals surface area contributed by atoms with Gasteiger partial charge in [0.25, 0.3) is 5.91 Å². The van der Waals surface area contributed by atoms with Crippen molar-refractivity contribution in [2.45, 2.75) is 6.54 Å². The minimum atomic E-state index is -0.232. The van der Waals surface area contributed by atoms with Crippen LogP contribution in [0.1, 0.15) is 11.1 Å². The monoisotopic (exact) mass is 310 g/mol. The lowest BCUT2D eigenvalue weighted by molar-refractivity contribution is -0.123. The summed E-state index contributed by atoms with van der Waals surface area (Å²) in [7, 11) is 3.84. The summed E-state index contributed by atoms with van der Waals surface area (Å²) in [6.07, 6.45) is 1.73. The number of nitrogens with one attached hydrogen (secondary N) is 1. The smallest absolute Gasteiger partial charge is 0.258 e. The summed E-state index contributed by atoms with van der Waals surface area (Å²) < 4.78 is 5.36. The Balaban J connectivity index is 1.79. The molecular weight excluding hydrogens is 292 g/mol. The Kier molecular flexibility index (Phi) is 5.53. The van der Waals surface area contributed by atoms with Gasteiger partial charge in [-0.2, -0.15) is 5.26 Å². The zero-order valence-corrected chi connectivity index (χ0v) is 13.1. The molecule has 0 saturated heterocycles. The molecular formula is C17H18N4O2. The van der Waals surface area contributed by atoms with E-state index in [1.807, 2.05) is 37.2 Å². The molecule has 0 bridgehead atoms. The molecule has 1 amide bonds. The summed E-state index contributed by atoms with van der Waals surface area (Å²) in [5, 5.41) is 11.6. The fourth-order valence-corrected chi connectivity index (χ4v) is 1.84. The van der Waals surface area contributed by atoms with Gasteiger partial charge in [0.15, 0.2) is 6.61 Å². The third-order valence-electron chi connectivity index (χ3n) is 3.09. The molecule has 1 aromatic heterocycles. The first-order chi connectivity index (χ1) is 11.1. The summed E-state index contributed by atoms with van der Waals surface area (Å²) in [4.78, 5) is 18.0. The van der Waals surface area contributed by atoms with Crippen molar-refractivity contribution >= 4 is 11.7 Å². The van der Waals surface area contributed by atoms with Crippen LogP contribution in [0.2, 0.25) is 0 Å². The molecule has 118 valence electrons. The Morgan fingerprint density at radius 3 is 2.83 bits per heavy atom. The van der Waals surface area contributed by atoms with E-state index in [4.69, 9.17) is 10.00 Å². The molecule has 1 N–H and O–H groups in total. The van der Waals surface area contributed by atoms with Crippen LogP contribution >= 0.6 is 0 Å². The molecule has 0 radical (unpaired) electrons. The highest BCUT2D eigenvalue weighted by Crippen LogP contribution is 2.12. The van der Waals surface area contributed by atoms with Crippen molar-refractivity contribution in [3.05, 3.63) is 53.7 Å². The van der Waals surface area contributed by atoms with Crippen molar-refractivity contribution in [2.24, 2.45) is 0 Å². The lowest BCUT2D eigenvalue weighted by Gasteiger charge is -2.11. The zero-order chi connectivity index (χ0) is 16.7. The van der Waals surface area contributed by atoms with Crippen LogP contribution in [0.15, 0.2) is 42.6 Å². The average molecular weight is 310 g/mol. The van der Waals surface area contributed by atoms with E-state index >= 15 is 0 Å². The van der Waals surface area contributed by atoms with Gasteiger partial charge in [0.1, 0.15) is 11.6 Å². The van der Waals surface area contributed by atoms with Crippen molar-refractivity contribution in [1.29, 1.82) is 5.26 Å². The normalized spacial score (nSPS) is 9.78. The molecule has 0 spiro atoms. The Bertz CT molecular complexity index is 705. The number of amides is 1. The van der Waals surface area contributed by atoms with Crippen molar-refractivity contribution in [3.63, 3.8) is 0 Å². The second-order valence-electron chi connectivity index (χ2n) is 5.12. The van der Waals surface area contributed by atoms with Crippen LogP contribution in [0.3, 0.4) is 0 Å². The number of ether oxygens (including phenoxy) is 1. The molecule has 0 saturated carbocycles. The van der Waals surface area contributed by atoms with Gasteiger partial charge in [-0.05, 0) is 29.8 Å². The van der Waals surface area contributed by atoms with Crippen LogP contribution in [-0.4, -0.2) is 31.6 Å². The van der Waals surface area contributed by atoms with E-state index in [2.05, 4.69) is 10.3 Å². The number of nitriles is 1. The Morgan fingerprint density at radius 2 is 2.17 bits per heavy atom. The number of pyridine rings is 1. The van der Waals surface area contributed by atoms with Crippen LogP contribution in [-0.2, 0) is 11.3 Å². The fourth-order valence-electron chi connectivity index (χ4n) is 1.84. The first kappa shape index (κ1) is 16.3. The highest BCUT2D eigenvalue weighted by atomic mass is 16.5. The summed E-state index contributed by atoms with van der Waals surface area (Å²) in [5.41, 5.74) is 1.41. The molecule has 0 unspecified atom stereocenters. The number of carbonyl (C=O) groups excluding carboxylic acids is 1. The highest BCUT2D eigenvalue weighted by molar-refractivity contribution is 5.77. The number of benzene rings is 1. The van der Waals surface area contributed by atoms with Gasteiger partial charge in [0.2, 0.25) is 0 Å². The number of anilines is 1. The standard InChI is InChI=1S/C17H18N4O2/c1-21(2)16-7-6-14(10-19-16)11-20-17(22)12-23-15-5-3-4-13(8-15)9-18/h3-8,10H,11-12H2,1-2H3,(H,20,22). The first-order valence-electron chi connectivity index (χ1n) is 7.10.